The lowest BCUT2D eigenvalue weighted by molar-refractivity contribution is -0.161. The fraction of sp³-hybridized carbons (Fsp3) is 0.517. The number of allylic oxidation sites excluding steroid dienone is 25. The highest BCUT2D eigenvalue weighted by atomic mass is 31.2. The first kappa shape index (κ1) is 67.1. The molecule has 12 heteroatoms. The maximum Gasteiger partial charge on any atom is 0.472 e. The van der Waals surface area contributed by atoms with Gasteiger partial charge in [-0.15, -0.1) is 0 Å². The van der Waals surface area contributed by atoms with Gasteiger partial charge in [0, 0.05) is 12.8 Å². The Hall–Kier alpha value is -4.90. The molecular weight excluding hydrogens is 928 g/mol. The third-order valence-corrected chi connectivity index (χ3v) is 10.9. The van der Waals surface area contributed by atoms with Gasteiger partial charge in [-0.1, -0.05) is 192 Å². The summed E-state index contributed by atoms with van der Waals surface area (Å²) in [5, 5.41) is 9.77. The molecule has 0 aromatic heterocycles. The molecule has 11 nitrogen and oxygen atoms in total. The molecule has 0 aromatic rings. The van der Waals surface area contributed by atoms with Gasteiger partial charge >= 0.3 is 25.7 Å². The maximum absolute atomic E-state index is 12.9. The number of ether oxygens (including phenoxy) is 3. The number of hydrogen-bond acceptors (Lipinski definition) is 10. The van der Waals surface area contributed by atoms with Crippen molar-refractivity contribution in [1.82, 2.24) is 0 Å². The zero-order valence-corrected chi connectivity index (χ0v) is 45.0. The van der Waals surface area contributed by atoms with Crippen molar-refractivity contribution < 1.29 is 52.2 Å². The second-order valence-corrected chi connectivity index (χ2v) is 18.0. The molecule has 0 spiro atoms. The summed E-state index contributed by atoms with van der Waals surface area (Å²) in [7, 11) is -4.80. The topological polar surface area (TPSA) is 155 Å². The number of carbonyl (C=O) groups excluding carboxylic acids is 3. The lowest BCUT2D eigenvalue weighted by atomic mass is 10.1. The molecule has 0 aromatic carbocycles. The normalized spacial score (nSPS) is 14.7. The predicted octanol–water partition coefficient (Wildman–Crippen LogP) is 15.4. The molecule has 3 unspecified atom stereocenters. The standard InChI is InChI=1S/C60H91O11P/c1-4-7-10-13-16-19-22-25-27-28-30-33-36-39-42-45-48-51-60(64)71-57(53-67-58(62)49-46-43-40-37-34-32-29-26-23-20-17-14-11-8-5-2)55-69-72(65,66)68-54-56(52-61)70-59(63)50-47-44-41-38-35-31-24-21-18-15-12-9-6-3/h7-12,16-21,25-27,29-31,33-35,37,41,43-44,46,56-57,61H,4-6,13-15,22-24,28,32,36,38-40,42,45,47-55H2,1-3H3,(H,65,66)/b10-7-,11-8-,12-9-,19-16-,20-17-,21-18-,27-25-,29-26-,33-30-,35-31-,37-34-,44-41-,46-43-. The Labute approximate surface area is 434 Å². The number of esters is 3. The SMILES string of the molecule is CC/C=C\C/C=C\C/C=C\C/C=C\C/C=C\CC(=O)OCC(COP(=O)(O)OCC(CO)OC(=O)CC/C=C\C/C=C\C/C=C\C/C=C\CC)OC(=O)CCCCCC/C=C\C/C=C\C/C=C\C/C=C\CC. The molecule has 0 aliphatic carbocycles. The molecule has 402 valence electrons. The molecule has 0 fully saturated rings. The van der Waals surface area contributed by atoms with Gasteiger partial charge in [0.2, 0.25) is 0 Å². The Bertz CT molecular complexity index is 1810. The van der Waals surface area contributed by atoms with Gasteiger partial charge < -0.3 is 24.2 Å². The first-order chi connectivity index (χ1) is 35.2. The van der Waals surface area contributed by atoms with Crippen LogP contribution in [-0.4, -0.2) is 66.5 Å². The molecule has 0 amide bonds. The van der Waals surface area contributed by atoms with Crippen LogP contribution in [0, 0.1) is 0 Å². The van der Waals surface area contributed by atoms with Gasteiger partial charge in [-0.2, -0.15) is 0 Å². The average molecular weight is 1020 g/mol. The molecular formula is C60H91O11P. The molecule has 2 N–H and O–H groups in total. The van der Waals surface area contributed by atoms with E-state index in [4.69, 9.17) is 23.3 Å². The first-order valence-electron chi connectivity index (χ1n) is 26.4. The quantitative estimate of drug-likeness (QED) is 0.0197. The van der Waals surface area contributed by atoms with Gasteiger partial charge in [-0.25, -0.2) is 4.57 Å². The Balaban J connectivity index is 4.99. The summed E-state index contributed by atoms with van der Waals surface area (Å²) in [4.78, 5) is 48.3. The Morgan fingerprint density at radius 3 is 1.18 bits per heavy atom. The first-order valence-corrected chi connectivity index (χ1v) is 27.9. The van der Waals surface area contributed by atoms with E-state index in [0.717, 1.165) is 103 Å². The van der Waals surface area contributed by atoms with Gasteiger partial charge in [-0.3, -0.25) is 23.4 Å². The van der Waals surface area contributed by atoms with E-state index in [1.807, 2.05) is 36.5 Å². The summed E-state index contributed by atoms with van der Waals surface area (Å²) in [6.07, 6.45) is 68.3. The van der Waals surface area contributed by atoms with E-state index in [2.05, 4.69) is 136 Å². The highest BCUT2D eigenvalue weighted by Crippen LogP contribution is 2.43. The molecule has 3 atom stereocenters. The van der Waals surface area contributed by atoms with E-state index >= 15 is 0 Å². The number of hydrogen-bond donors (Lipinski definition) is 2. The molecule has 0 rings (SSSR count). The van der Waals surface area contributed by atoms with Crippen molar-refractivity contribution in [2.24, 2.45) is 0 Å². The van der Waals surface area contributed by atoms with Crippen molar-refractivity contribution in [2.45, 2.75) is 174 Å². The summed E-state index contributed by atoms with van der Waals surface area (Å²) < 4.78 is 39.2. The van der Waals surface area contributed by atoms with Crippen LogP contribution in [0.1, 0.15) is 162 Å². The van der Waals surface area contributed by atoms with E-state index in [0.29, 0.717) is 19.3 Å². The van der Waals surface area contributed by atoms with Crippen LogP contribution in [0.4, 0.5) is 0 Å². The van der Waals surface area contributed by atoms with E-state index < -0.39 is 64.4 Å². The number of aliphatic hydroxyl groups is 1. The number of unbranched alkanes of at least 4 members (excludes halogenated alkanes) is 4. The lowest BCUT2D eigenvalue weighted by Gasteiger charge is -2.21. The number of phosphoric ester groups is 1. The van der Waals surface area contributed by atoms with Crippen molar-refractivity contribution in [3.8, 4) is 0 Å². The van der Waals surface area contributed by atoms with Crippen LogP contribution in [0.3, 0.4) is 0 Å². The minimum absolute atomic E-state index is 0.0255. The second kappa shape index (κ2) is 52.4. The predicted molar refractivity (Wildman–Crippen MR) is 297 cm³/mol. The molecule has 0 aliphatic rings. The lowest BCUT2D eigenvalue weighted by Crippen LogP contribution is -2.30. The Morgan fingerprint density at radius 1 is 0.403 bits per heavy atom. The van der Waals surface area contributed by atoms with Gasteiger partial charge in [0.25, 0.3) is 0 Å². The fourth-order valence-electron chi connectivity index (χ4n) is 6.08. The summed E-state index contributed by atoms with van der Waals surface area (Å²) in [5.74, 6) is -1.76. The van der Waals surface area contributed by atoms with Gasteiger partial charge in [-0.05, 0) is 109 Å². The van der Waals surface area contributed by atoms with Crippen LogP contribution in [-0.2, 0) is 42.2 Å². The summed E-state index contributed by atoms with van der Waals surface area (Å²) in [6.45, 7) is 4.02. The van der Waals surface area contributed by atoms with E-state index in [-0.39, 0.29) is 19.3 Å². The highest BCUT2D eigenvalue weighted by molar-refractivity contribution is 7.47. The van der Waals surface area contributed by atoms with Crippen molar-refractivity contribution in [3.05, 3.63) is 158 Å². The average Bonchev–Trinajstić information content (AvgIpc) is 3.37. The molecule has 0 radical (unpaired) electrons. The van der Waals surface area contributed by atoms with Gasteiger partial charge in [0.05, 0.1) is 26.2 Å². The number of aliphatic hydroxyl groups excluding tert-OH is 1. The van der Waals surface area contributed by atoms with Crippen LogP contribution >= 0.6 is 7.82 Å². The zero-order valence-electron chi connectivity index (χ0n) is 44.1. The molecule has 0 saturated heterocycles. The molecule has 0 heterocycles. The summed E-state index contributed by atoms with van der Waals surface area (Å²) >= 11 is 0. The van der Waals surface area contributed by atoms with Crippen LogP contribution < -0.4 is 0 Å². The van der Waals surface area contributed by atoms with Crippen LogP contribution in [0.25, 0.3) is 0 Å². The van der Waals surface area contributed by atoms with Crippen LogP contribution in [0.15, 0.2) is 158 Å². The fourth-order valence-corrected chi connectivity index (χ4v) is 6.86. The molecule has 0 saturated carbocycles. The van der Waals surface area contributed by atoms with Crippen LogP contribution in [0.5, 0.6) is 0 Å². The minimum atomic E-state index is -4.80. The van der Waals surface area contributed by atoms with Crippen molar-refractivity contribution in [2.75, 3.05) is 26.4 Å². The van der Waals surface area contributed by atoms with Crippen LogP contribution in [0.2, 0.25) is 0 Å². The molecule has 72 heavy (non-hydrogen) atoms. The van der Waals surface area contributed by atoms with E-state index in [9.17, 15) is 28.9 Å². The number of rotatable bonds is 46. The molecule has 0 aliphatic heterocycles. The van der Waals surface area contributed by atoms with Gasteiger partial charge in [0.1, 0.15) is 12.7 Å². The third kappa shape index (κ3) is 50.1. The Kier molecular flexibility index (Phi) is 48.9. The van der Waals surface area contributed by atoms with Crippen molar-refractivity contribution >= 4 is 25.7 Å². The van der Waals surface area contributed by atoms with E-state index in [1.165, 1.54) is 0 Å². The molecule has 0 bridgehead atoms. The maximum atomic E-state index is 12.9. The monoisotopic (exact) mass is 1020 g/mol. The smallest absolute Gasteiger partial charge is 0.461 e. The zero-order chi connectivity index (χ0) is 52.7. The second-order valence-electron chi connectivity index (χ2n) is 16.6. The van der Waals surface area contributed by atoms with Gasteiger partial charge in [0.15, 0.2) is 6.10 Å². The highest BCUT2D eigenvalue weighted by Gasteiger charge is 2.28. The summed E-state index contributed by atoms with van der Waals surface area (Å²) in [6, 6.07) is 0. The Morgan fingerprint density at radius 2 is 0.750 bits per heavy atom. The third-order valence-electron chi connectivity index (χ3n) is 9.97. The van der Waals surface area contributed by atoms with Crippen molar-refractivity contribution in [3.63, 3.8) is 0 Å². The van der Waals surface area contributed by atoms with E-state index in [1.54, 1.807) is 6.08 Å². The largest absolute Gasteiger partial charge is 0.472 e. The minimum Gasteiger partial charge on any atom is -0.461 e. The number of phosphoric acid groups is 1. The van der Waals surface area contributed by atoms with Crippen molar-refractivity contribution in [1.29, 1.82) is 0 Å². The summed E-state index contributed by atoms with van der Waals surface area (Å²) in [5.41, 5.74) is 0. The number of carbonyl (C=O) groups is 3.